The van der Waals surface area contributed by atoms with Crippen LogP contribution in [-0.2, 0) is 9.53 Å². The van der Waals surface area contributed by atoms with Gasteiger partial charge in [-0.1, -0.05) is 6.08 Å². The molecule has 4 heteroatoms. The molecular weight excluding hydrogens is 242 g/mol. The van der Waals surface area contributed by atoms with Gasteiger partial charge in [0, 0.05) is 24.4 Å². The van der Waals surface area contributed by atoms with Crippen LogP contribution >= 0.6 is 0 Å². The number of Topliss-reactive ketones (excluding diaryl/α,β-unsaturated/α-hetero) is 1. The Labute approximate surface area is 114 Å². The van der Waals surface area contributed by atoms with E-state index in [4.69, 9.17) is 4.74 Å². The number of likely N-dealkylation sites (tertiary alicyclic amines) is 1. The molecule has 1 saturated carbocycles. The fraction of sp³-hybridized carbons (Fsp3) is 0.733. The summed E-state index contributed by atoms with van der Waals surface area (Å²) in [6.45, 7) is 9.91. The van der Waals surface area contributed by atoms with Crippen LogP contribution in [0.3, 0.4) is 0 Å². The van der Waals surface area contributed by atoms with E-state index in [0.717, 1.165) is 12.8 Å². The first-order valence-electron chi connectivity index (χ1n) is 6.97. The number of allylic oxidation sites excluding steroid dienone is 1. The maximum absolute atomic E-state index is 12.2. The van der Waals surface area contributed by atoms with E-state index in [1.54, 1.807) is 11.0 Å². The Morgan fingerprint density at radius 3 is 2.79 bits per heavy atom. The summed E-state index contributed by atoms with van der Waals surface area (Å²) < 4.78 is 5.42. The van der Waals surface area contributed by atoms with Gasteiger partial charge < -0.3 is 9.64 Å². The molecule has 0 bridgehead atoms. The summed E-state index contributed by atoms with van der Waals surface area (Å²) in [4.78, 5) is 26.1. The second kappa shape index (κ2) is 4.99. The maximum atomic E-state index is 12.2. The number of hydrogen-bond donors (Lipinski definition) is 0. The zero-order chi connectivity index (χ0) is 14.2. The molecule has 3 atom stereocenters. The van der Waals surface area contributed by atoms with Gasteiger partial charge in [-0.25, -0.2) is 4.79 Å². The first-order valence-corrected chi connectivity index (χ1v) is 6.97. The quantitative estimate of drug-likeness (QED) is 0.721. The molecule has 2 fully saturated rings. The molecule has 19 heavy (non-hydrogen) atoms. The molecule has 3 unspecified atom stereocenters. The third kappa shape index (κ3) is 2.82. The highest BCUT2D eigenvalue weighted by Crippen LogP contribution is 2.40. The van der Waals surface area contributed by atoms with Crippen molar-refractivity contribution >= 4 is 11.9 Å². The van der Waals surface area contributed by atoms with Crippen LogP contribution < -0.4 is 0 Å². The summed E-state index contributed by atoms with van der Waals surface area (Å²) in [6, 6.07) is 0.0345. The molecule has 0 N–H and O–H groups in total. The number of fused-ring (bicyclic) bond motifs is 1. The SMILES string of the molecule is C=CCC1CC2C(CCN2C(=O)OC(C)(C)C)C1=O. The summed E-state index contributed by atoms with van der Waals surface area (Å²) in [6.07, 6.45) is 3.76. The summed E-state index contributed by atoms with van der Waals surface area (Å²) in [5.74, 6) is 0.353. The van der Waals surface area contributed by atoms with Crippen molar-refractivity contribution in [1.82, 2.24) is 4.90 Å². The van der Waals surface area contributed by atoms with Crippen molar-refractivity contribution in [3.8, 4) is 0 Å². The number of nitrogens with zero attached hydrogens (tertiary/aromatic N) is 1. The lowest BCUT2D eigenvalue weighted by atomic mass is 9.99. The molecule has 2 aliphatic rings. The average Bonchev–Trinajstić information content (AvgIpc) is 2.79. The van der Waals surface area contributed by atoms with E-state index in [-0.39, 0.29) is 24.0 Å². The molecule has 1 heterocycles. The molecule has 0 radical (unpaired) electrons. The van der Waals surface area contributed by atoms with Gasteiger partial charge in [0.15, 0.2) is 0 Å². The molecule has 0 aromatic heterocycles. The van der Waals surface area contributed by atoms with Gasteiger partial charge in [0.05, 0.1) is 0 Å². The van der Waals surface area contributed by atoms with Crippen LogP contribution in [0.4, 0.5) is 4.79 Å². The topological polar surface area (TPSA) is 46.6 Å². The van der Waals surface area contributed by atoms with Gasteiger partial charge >= 0.3 is 6.09 Å². The molecule has 4 nitrogen and oxygen atoms in total. The molecular formula is C15H23NO3. The molecule has 1 saturated heterocycles. The van der Waals surface area contributed by atoms with E-state index < -0.39 is 5.60 Å². The van der Waals surface area contributed by atoms with Crippen LogP contribution in [0.25, 0.3) is 0 Å². The number of amides is 1. The Bertz CT molecular complexity index is 397. The number of carbonyl (C=O) groups is 2. The molecule has 1 amide bonds. The van der Waals surface area contributed by atoms with Crippen LogP contribution in [0.15, 0.2) is 12.7 Å². The Hall–Kier alpha value is -1.32. The predicted octanol–water partition coefficient (Wildman–Crippen LogP) is 2.78. The van der Waals surface area contributed by atoms with E-state index in [9.17, 15) is 9.59 Å². The standard InChI is InChI=1S/C15H23NO3/c1-5-6-10-9-12-11(13(10)17)7-8-16(12)14(18)19-15(2,3)4/h5,10-12H,1,6-9H2,2-4H3. The van der Waals surface area contributed by atoms with Crippen molar-refractivity contribution in [3.63, 3.8) is 0 Å². The van der Waals surface area contributed by atoms with Crippen molar-refractivity contribution in [2.24, 2.45) is 11.8 Å². The zero-order valence-electron chi connectivity index (χ0n) is 12.0. The first kappa shape index (κ1) is 14.1. The predicted molar refractivity (Wildman–Crippen MR) is 72.8 cm³/mol. The van der Waals surface area contributed by atoms with E-state index in [2.05, 4.69) is 6.58 Å². The van der Waals surface area contributed by atoms with Crippen LogP contribution in [0.5, 0.6) is 0 Å². The van der Waals surface area contributed by atoms with Crippen LogP contribution in [0.2, 0.25) is 0 Å². The summed E-state index contributed by atoms with van der Waals surface area (Å²) >= 11 is 0. The molecule has 106 valence electrons. The number of ether oxygens (including phenoxy) is 1. The summed E-state index contributed by atoms with van der Waals surface area (Å²) in [5.41, 5.74) is -0.488. The highest BCUT2D eigenvalue weighted by atomic mass is 16.6. The lowest BCUT2D eigenvalue weighted by Crippen LogP contribution is -2.40. The van der Waals surface area contributed by atoms with E-state index in [1.165, 1.54) is 0 Å². The molecule has 0 aromatic rings. The Morgan fingerprint density at radius 1 is 1.53 bits per heavy atom. The lowest BCUT2D eigenvalue weighted by Gasteiger charge is -2.28. The van der Waals surface area contributed by atoms with Crippen molar-refractivity contribution in [3.05, 3.63) is 12.7 Å². The maximum Gasteiger partial charge on any atom is 0.410 e. The first-order chi connectivity index (χ1) is 8.83. The van der Waals surface area contributed by atoms with E-state index in [1.807, 2.05) is 20.8 Å². The minimum atomic E-state index is -0.488. The van der Waals surface area contributed by atoms with E-state index in [0.29, 0.717) is 18.7 Å². The number of carbonyl (C=O) groups excluding carboxylic acids is 2. The highest BCUT2D eigenvalue weighted by molar-refractivity contribution is 5.88. The lowest BCUT2D eigenvalue weighted by molar-refractivity contribution is -0.123. The average molecular weight is 265 g/mol. The van der Waals surface area contributed by atoms with Crippen LogP contribution in [0.1, 0.15) is 40.0 Å². The van der Waals surface area contributed by atoms with Gasteiger partial charge in [0.1, 0.15) is 11.4 Å². The van der Waals surface area contributed by atoms with Gasteiger partial charge in [0.2, 0.25) is 0 Å². The Balaban J connectivity index is 2.05. The van der Waals surface area contributed by atoms with E-state index >= 15 is 0 Å². The molecule has 0 spiro atoms. The molecule has 2 rings (SSSR count). The third-order valence-electron chi connectivity index (χ3n) is 3.92. The monoisotopic (exact) mass is 265 g/mol. The minimum Gasteiger partial charge on any atom is -0.444 e. The van der Waals surface area contributed by atoms with Crippen LogP contribution in [0, 0.1) is 11.8 Å². The second-order valence-electron chi connectivity index (χ2n) is 6.50. The molecule has 1 aliphatic carbocycles. The van der Waals surface area contributed by atoms with Crippen LogP contribution in [-0.4, -0.2) is 35.0 Å². The second-order valence-corrected chi connectivity index (χ2v) is 6.50. The third-order valence-corrected chi connectivity index (χ3v) is 3.92. The fourth-order valence-electron chi connectivity index (χ4n) is 3.15. The summed E-state index contributed by atoms with van der Waals surface area (Å²) in [7, 11) is 0. The van der Waals surface area contributed by atoms with Gasteiger partial charge in [-0.2, -0.15) is 0 Å². The van der Waals surface area contributed by atoms with Crippen molar-refractivity contribution in [2.75, 3.05) is 6.54 Å². The van der Waals surface area contributed by atoms with Gasteiger partial charge in [-0.15, -0.1) is 6.58 Å². The largest absolute Gasteiger partial charge is 0.444 e. The number of hydrogen-bond acceptors (Lipinski definition) is 3. The fourth-order valence-corrected chi connectivity index (χ4v) is 3.15. The van der Waals surface area contributed by atoms with Crippen molar-refractivity contribution in [1.29, 1.82) is 0 Å². The normalized spacial score (nSPS) is 30.4. The smallest absolute Gasteiger partial charge is 0.410 e. The van der Waals surface area contributed by atoms with Gasteiger partial charge in [-0.05, 0) is 40.0 Å². The Kier molecular flexibility index (Phi) is 3.70. The number of rotatable bonds is 2. The van der Waals surface area contributed by atoms with Crippen molar-refractivity contribution in [2.45, 2.75) is 51.7 Å². The molecule has 0 aromatic carbocycles. The highest BCUT2D eigenvalue weighted by Gasteiger charge is 2.50. The Morgan fingerprint density at radius 2 is 2.21 bits per heavy atom. The van der Waals surface area contributed by atoms with Gasteiger partial charge in [-0.3, -0.25) is 4.79 Å². The summed E-state index contributed by atoms with van der Waals surface area (Å²) in [5, 5.41) is 0. The number of ketones is 1. The van der Waals surface area contributed by atoms with Crippen molar-refractivity contribution < 1.29 is 14.3 Å². The zero-order valence-corrected chi connectivity index (χ0v) is 12.0. The minimum absolute atomic E-state index is 0.0115. The van der Waals surface area contributed by atoms with Gasteiger partial charge in [0.25, 0.3) is 0 Å². The molecule has 1 aliphatic heterocycles.